The van der Waals surface area contributed by atoms with Crippen LogP contribution in [0, 0.1) is 0 Å². The number of carbonyl (C=O) groups is 2. The number of carbonyl (C=O) groups excluding carboxylic acids is 1. The van der Waals surface area contributed by atoms with Crippen LogP contribution in [-0.2, 0) is 4.74 Å². The van der Waals surface area contributed by atoms with Crippen LogP contribution in [0.25, 0.3) is 0 Å². The number of carboxylic acid groups (broad SMARTS) is 1. The van der Waals surface area contributed by atoms with E-state index in [1.165, 1.54) is 12.1 Å². The fourth-order valence-electron chi connectivity index (χ4n) is 1.06. The Hall–Kier alpha value is -2.04. The summed E-state index contributed by atoms with van der Waals surface area (Å²) in [4.78, 5) is 21.8. The monoisotopic (exact) mass is 209 g/mol. The van der Waals surface area contributed by atoms with E-state index < -0.39 is 12.1 Å². The minimum Gasteiger partial charge on any atom is -0.478 e. The summed E-state index contributed by atoms with van der Waals surface area (Å²) in [5.41, 5.74) is 0.258. The molecule has 0 aliphatic rings. The highest BCUT2D eigenvalue weighted by atomic mass is 16.5. The van der Waals surface area contributed by atoms with Gasteiger partial charge in [0.15, 0.2) is 0 Å². The predicted octanol–water partition coefficient (Wildman–Crippen LogP) is 1.95. The van der Waals surface area contributed by atoms with Gasteiger partial charge in [0.05, 0.1) is 17.9 Å². The van der Waals surface area contributed by atoms with E-state index in [0.29, 0.717) is 0 Å². The molecule has 5 heteroatoms. The number of anilines is 1. The zero-order chi connectivity index (χ0) is 11.3. The lowest BCUT2D eigenvalue weighted by Crippen LogP contribution is -2.15. The van der Waals surface area contributed by atoms with Crippen LogP contribution < -0.4 is 5.32 Å². The van der Waals surface area contributed by atoms with Gasteiger partial charge in [-0.25, -0.2) is 9.59 Å². The van der Waals surface area contributed by atoms with Crippen LogP contribution in [0.15, 0.2) is 24.3 Å². The first-order chi connectivity index (χ1) is 7.15. The van der Waals surface area contributed by atoms with Crippen LogP contribution in [0.3, 0.4) is 0 Å². The molecular weight excluding hydrogens is 198 g/mol. The van der Waals surface area contributed by atoms with Crippen LogP contribution >= 0.6 is 0 Å². The molecule has 1 aromatic rings. The van der Waals surface area contributed by atoms with Crippen LogP contribution in [0.5, 0.6) is 0 Å². The summed E-state index contributed by atoms with van der Waals surface area (Å²) in [6.45, 7) is 1.91. The van der Waals surface area contributed by atoms with E-state index in [0.717, 1.165) is 0 Å². The number of amides is 1. The highest BCUT2D eigenvalue weighted by Gasteiger charge is 2.11. The summed E-state index contributed by atoms with van der Waals surface area (Å²) in [5.74, 6) is -1.10. The second-order valence-electron chi connectivity index (χ2n) is 2.70. The van der Waals surface area contributed by atoms with Gasteiger partial charge in [-0.2, -0.15) is 0 Å². The van der Waals surface area contributed by atoms with Gasteiger partial charge in [-0.3, -0.25) is 5.32 Å². The Morgan fingerprint density at radius 3 is 2.67 bits per heavy atom. The predicted molar refractivity (Wildman–Crippen MR) is 54.0 cm³/mol. The zero-order valence-electron chi connectivity index (χ0n) is 8.19. The van der Waals surface area contributed by atoms with Crippen LogP contribution in [0.2, 0.25) is 0 Å². The summed E-state index contributed by atoms with van der Waals surface area (Å²) in [5, 5.41) is 11.2. The van der Waals surface area contributed by atoms with Gasteiger partial charge >= 0.3 is 12.1 Å². The molecule has 2 N–H and O–H groups in total. The Morgan fingerprint density at radius 2 is 2.07 bits per heavy atom. The molecule has 0 unspecified atom stereocenters. The van der Waals surface area contributed by atoms with Gasteiger partial charge < -0.3 is 9.84 Å². The Morgan fingerprint density at radius 1 is 1.40 bits per heavy atom. The van der Waals surface area contributed by atoms with Crippen molar-refractivity contribution >= 4 is 17.7 Å². The molecule has 0 radical (unpaired) electrons. The quantitative estimate of drug-likeness (QED) is 0.797. The second kappa shape index (κ2) is 4.99. The highest BCUT2D eigenvalue weighted by Crippen LogP contribution is 2.14. The molecule has 5 nitrogen and oxygen atoms in total. The van der Waals surface area contributed by atoms with E-state index in [-0.39, 0.29) is 17.9 Å². The van der Waals surface area contributed by atoms with Crippen molar-refractivity contribution in [3.8, 4) is 0 Å². The number of para-hydroxylation sites is 1. The number of aromatic carboxylic acids is 1. The number of ether oxygens (including phenoxy) is 1. The third-order valence-corrected chi connectivity index (χ3v) is 1.67. The first kappa shape index (κ1) is 11.0. The van der Waals surface area contributed by atoms with Gasteiger partial charge in [-0.15, -0.1) is 0 Å². The highest BCUT2D eigenvalue weighted by molar-refractivity contribution is 5.98. The Labute approximate surface area is 86.7 Å². The molecule has 15 heavy (non-hydrogen) atoms. The number of rotatable bonds is 3. The van der Waals surface area contributed by atoms with E-state index in [1.807, 2.05) is 0 Å². The number of hydrogen-bond acceptors (Lipinski definition) is 3. The molecule has 0 spiro atoms. The molecule has 0 aliphatic heterocycles. The lowest BCUT2D eigenvalue weighted by atomic mass is 10.2. The zero-order valence-corrected chi connectivity index (χ0v) is 8.19. The summed E-state index contributed by atoms with van der Waals surface area (Å²) in [6, 6.07) is 6.12. The van der Waals surface area contributed by atoms with Crippen LogP contribution in [-0.4, -0.2) is 23.8 Å². The fraction of sp³-hybridized carbons (Fsp3) is 0.200. The Balaban J connectivity index is 2.84. The number of carboxylic acids is 1. The van der Waals surface area contributed by atoms with Crippen LogP contribution in [0.1, 0.15) is 17.3 Å². The van der Waals surface area contributed by atoms with E-state index in [4.69, 9.17) is 5.11 Å². The van der Waals surface area contributed by atoms with Crippen molar-refractivity contribution in [2.75, 3.05) is 11.9 Å². The van der Waals surface area contributed by atoms with Crippen molar-refractivity contribution in [3.63, 3.8) is 0 Å². The largest absolute Gasteiger partial charge is 0.478 e. The standard InChI is InChI=1S/C10H11NO4/c1-2-15-10(14)11-8-6-4-3-5-7(8)9(12)13/h3-6H,2H2,1H3,(H,11,14)(H,12,13). The summed E-state index contributed by atoms with van der Waals surface area (Å²) < 4.78 is 4.64. The number of nitrogens with one attached hydrogen (secondary N) is 1. The average molecular weight is 209 g/mol. The molecule has 0 saturated carbocycles. The molecule has 1 amide bonds. The van der Waals surface area contributed by atoms with Gasteiger partial charge in [0.25, 0.3) is 0 Å². The minimum atomic E-state index is -1.10. The molecule has 1 rings (SSSR count). The molecule has 1 aromatic carbocycles. The first-order valence-corrected chi connectivity index (χ1v) is 4.41. The number of hydrogen-bond donors (Lipinski definition) is 2. The van der Waals surface area contributed by atoms with Crippen molar-refractivity contribution in [1.29, 1.82) is 0 Å². The SMILES string of the molecule is CCOC(=O)Nc1ccccc1C(=O)O. The molecular formula is C10H11NO4. The summed E-state index contributed by atoms with van der Waals surface area (Å²) >= 11 is 0. The van der Waals surface area contributed by atoms with Crippen molar-refractivity contribution < 1.29 is 19.4 Å². The van der Waals surface area contributed by atoms with Crippen molar-refractivity contribution in [2.45, 2.75) is 6.92 Å². The topological polar surface area (TPSA) is 75.6 Å². The average Bonchev–Trinajstić information content (AvgIpc) is 2.18. The molecule has 0 aromatic heterocycles. The van der Waals surface area contributed by atoms with Crippen molar-refractivity contribution in [1.82, 2.24) is 0 Å². The molecule has 0 aliphatic carbocycles. The van der Waals surface area contributed by atoms with Crippen LogP contribution in [0.4, 0.5) is 10.5 Å². The third-order valence-electron chi connectivity index (χ3n) is 1.67. The van der Waals surface area contributed by atoms with E-state index in [1.54, 1.807) is 19.1 Å². The normalized spacial score (nSPS) is 9.40. The van der Waals surface area contributed by atoms with Gasteiger partial charge in [0.1, 0.15) is 0 Å². The maximum Gasteiger partial charge on any atom is 0.411 e. The molecule has 0 bridgehead atoms. The lowest BCUT2D eigenvalue weighted by Gasteiger charge is -2.07. The van der Waals surface area contributed by atoms with Crippen molar-refractivity contribution in [3.05, 3.63) is 29.8 Å². The maximum absolute atomic E-state index is 11.1. The third kappa shape index (κ3) is 2.98. The van der Waals surface area contributed by atoms with E-state index >= 15 is 0 Å². The molecule has 0 saturated heterocycles. The molecule has 0 heterocycles. The first-order valence-electron chi connectivity index (χ1n) is 4.41. The van der Waals surface area contributed by atoms with E-state index in [2.05, 4.69) is 10.1 Å². The second-order valence-corrected chi connectivity index (χ2v) is 2.70. The molecule has 80 valence electrons. The summed E-state index contributed by atoms with van der Waals surface area (Å²) in [7, 11) is 0. The fourth-order valence-corrected chi connectivity index (χ4v) is 1.06. The van der Waals surface area contributed by atoms with E-state index in [9.17, 15) is 9.59 Å². The van der Waals surface area contributed by atoms with Crippen molar-refractivity contribution in [2.24, 2.45) is 0 Å². The maximum atomic E-state index is 11.1. The van der Waals surface area contributed by atoms with Gasteiger partial charge in [0, 0.05) is 0 Å². The number of benzene rings is 1. The molecule has 0 fully saturated rings. The lowest BCUT2D eigenvalue weighted by molar-refractivity contribution is 0.0698. The van der Waals surface area contributed by atoms with Gasteiger partial charge in [0.2, 0.25) is 0 Å². The Bertz CT molecular complexity index is 375. The minimum absolute atomic E-state index is 0.0329. The smallest absolute Gasteiger partial charge is 0.411 e. The summed E-state index contributed by atoms with van der Waals surface area (Å²) in [6.07, 6.45) is -0.661. The van der Waals surface area contributed by atoms with Gasteiger partial charge in [-0.1, -0.05) is 12.1 Å². The molecule has 0 atom stereocenters. The van der Waals surface area contributed by atoms with Gasteiger partial charge in [-0.05, 0) is 19.1 Å². The Kier molecular flexibility index (Phi) is 3.68.